The van der Waals surface area contributed by atoms with E-state index in [-0.39, 0.29) is 6.54 Å². The minimum atomic E-state index is -0.832. The second kappa shape index (κ2) is 5.97. The maximum absolute atomic E-state index is 11.1. The molecule has 85 valence electrons. The summed E-state index contributed by atoms with van der Waals surface area (Å²) in [6.07, 6.45) is 0. The molecule has 1 radical (unpaired) electrons. The van der Waals surface area contributed by atoms with Gasteiger partial charge in [0.2, 0.25) is 0 Å². The number of benzene rings is 1. The predicted molar refractivity (Wildman–Crippen MR) is 59.8 cm³/mol. The summed E-state index contributed by atoms with van der Waals surface area (Å²) in [7, 11) is 0. The van der Waals surface area contributed by atoms with Crippen LogP contribution in [0.1, 0.15) is 5.56 Å². The second-order valence-corrected chi connectivity index (χ2v) is 3.52. The molecule has 0 spiro atoms. The summed E-state index contributed by atoms with van der Waals surface area (Å²) in [6, 6.07) is 6.56. The summed E-state index contributed by atoms with van der Waals surface area (Å²) >= 11 is 5.70. The molecule has 0 unspecified atom stereocenters. The van der Waals surface area contributed by atoms with E-state index in [9.17, 15) is 9.59 Å². The zero-order valence-corrected chi connectivity index (χ0v) is 9.17. The molecule has 0 aliphatic rings. The lowest BCUT2D eigenvalue weighted by Crippen LogP contribution is -2.38. The third-order valence-corrected chi connectivity index (χ3v) is 2.03. The van der Waals surface area contributed by atoms with Gasteiger partial charge in [0.25, 0.3) is 5.91 Å². The number of halogens is 1. The highest BCUT2D eigenvalue weighted by atomic mass is 35.5. The van der Waals surface area contributed by atoms with Gasteiger partial charge in [0.1, 0.15) is 6.54 Å². The zero-order valence-electron chi connectivity index (χ0n) is 8.42. The molecule has 1 aromatic carbocycles. The number of carbonyl (C=O) groups is 2. The Kier molecular flexibility index (Phi) is 4.60. The van der Waals surface area contributed by atoms with Gasteiger partial charge in [-0.05, 0) is 17.7 Å². The van der Waals surface area contributed by atoms with Crippen molar-refractivity contribution in [3.63, 3.8) is 0 Å². The van der Waals surface area contributed by atoms with Crippen molar-refractivity contribution in [1.82, 2.24) is 16.4 Å². The van der Waals surface area contributed by atoms with E-state index >= 15 is 0 Å². The minimum Gasteiger partial charge on any atom is -0.334 e. The molecule has 0 saturated carbocycles. The van der Waals surface area contributed by atoms with Gasteiger partial charge in [0.15, 0.2) is 0 Å². The first kappa shape index (κ1) is 12.3. The van der Waals surface area contributed by atoms with Crippen LogP contribution in [0.3, 0.4) is 0 Å². The van der Waals surface area contributed by atoms with Gasteiger partial charge in [-0.15, -0.1) is 0 Å². The molecule has 0 fully saturated rings. The molecule has 0 atom stereocenters. The minimum absolute atomic E-state index is 0.285. The molecular weight excluding hydrogens is 230 g/mol. The molecular formula is C10H11ClN3O2. The summed E-state index contributed by atoms with van der Waals surface area (Å²) in [4.78, 5) is 21.4. The Morgan fingerprint density at radius 1 is 1.19 bits per heavy atom. The molecule has 0 bridgehead atoms. The predicted octanol–water partition coefficient (Wildman–Crippen LogP) is 0.949. The van der Waals surface area contributed by atoms with Crippen molar-refractivity contribution >= 4 is 23.5 Å². The highest BCUT2D eigenvalue weighted by Gasteiger charge is 2.01. The summed E-state index contributed by atoms with van der Waals surface area (Å²) in [6.45, 7) is 0.0572. The topological polar surface area (TPSA) is 82.0 Å². The van der Waals surface area contributed by atoms with Crippen LogP contribution in [0.2, 0.25) is 5.02 Å². The Labute approximate surface area is 98.0 Å². The maximum Gasteiger partial charge on any atom is 0.315 e. The van der Waals surface area contributed by atoms with Gasteiger partial charge in [0, 0.05) is 11.6 Å². The number of carbonyl (C=O) groups excluding carboxylic acids is 2. The van der Waals surface area contributed by atoms with E-state index in [1.165, 1.54) is 0 Å². The van der Waals surface area contributed by atoms with Crippen molar-refractivity contribution in [2.45, 2.75) is 6.54 Å². The first-order valence-electron chi connectivity index (χ1n) is 4.58. The number of urea groups is 1. The van der Waals surface area contributed by atoms with Crippen LogP contribution in [-0.2, 0) is 11.3 Å². The smallest absolute Gasteiger partial charge is 0.315 e. The van der Waals surface area contributed by atoms with Crippen LogP contribution < -0.4 is 16.4 Å². The van der Waals surface area contributed by atoms with Crippen molar-refractivity contribution in [2.75, 3.05) is 6.54 Å². The largest absolute Gasteiger partial charge is 0.334 e. The molecule has 5 nitrogen and oxygen atoms in total. The van der Waals surface area contributed by atoms with Gasteiger partial charge in [-0.2, -0.15) is 0 Å². The van der Waals surface area contributed by atoms with Gasteiger partial charge >= 0.3 is 6.03 Å². The normalized spacial score (nSPS) is 9.56. The molecule has 1 aromatic rings. The molecule has 0 aliphatic heterocycles. The monoisotopic (exact) mass is 240 g/mol. The standard InChI is InChI=1S/C10H11ClN3O2/c11-8-3-1-7(2-4-8)5-13-10(16)14-6-9(12)15/h1-4,12H,5-6H2,(H2,13,14,16). The Hall–Kier alpha value is -1.75. The van der Waals surface area contributed by atoms with E-state index in [0.717, 1.165) is 5.56 Å². The van der Waals surface area contributed by atoms with Crippen LogP contribution in [0.5, 0.6) is 0 Å². The van der Waals surface area contributed by atoms with Crippen LogP contribution >= 0.6 is 11.6 Å². The summed E-state index contributed by atoms with van der Waals surface area (Å²) in [5.74, 6) is -0.832. The average molecular weight is 241 g/mol. The Balaban J connectivity index is 2.31. The van der Waals surface area contributed by atoms with Gasteiger partial charge in [-0.25, -0.2) is 4.79 Å². The summed E-state index contributed by atoms with van der Waals surface area (Å²) in [5, 5.41) is 5.43. The molecule has 0 aliphatic carbocycles. The third-order valence-electron chi connectivity index (χ3n) is 1.78. The van der Waals surface area contributed by atoms with E-state index in [4.69, 9.17) is 17.3 Å². The number of nitrogens with one attached hydrogen (secondary N) is 3. The Morgan fingerprint density at radius 3 is 2.38 bits per heavy atom. The van der Waals surface area contributed by atoms with Gasteiger partial charge < -0.3 is 10.6 Å². The Morgan fingerprint density at radius 2 is 1.81 bits per heavy atom. The van der Waals surface area contributed by atoms with Crippen molar-refractivity contribution in [3.8, 4) is 0 Å². The van der Waals surface area contributed by atoms with E-state index < -0.39 is 11.9 Å². The third kappa shape index (κ3) is 4.65. The number of hydrogen-bond donors (Lipinski definition) is 2. The first-order valence-corrected chi connectivity index (χ1v) is 4.96. The van der Waals surface area contributed by atoms with Crippen LogP contribution in [0.25, 0.3) is 0 Å². The van der Waals surface area contributed by atoms with E-state index in [1.54, 1.807) is 24.3 Å². The fourth-order valence-corrected chi connectivity index (χ4v) is 1.13. The lowest BCUT2D eigenvalue weighted by atomic mass is 10.2. The van der Waals surface area contributed by atoms with Crippen LogP contribution in [-0.4, -0.2) is 18.5 Å². The number of amides is 3. The molecule has 3 N–H and O–H groups in total. The average Bonchev–Trinajstić information content (AvgIpc) is 2.25. The molecule has 6 heteroatoms. The van der Waals surface area contributed by atoms with Gasteiger partial charge in [-0.3, -0.25) is 10.5 Å². The maximum atomic E-state index is 11.1. The van der Waals surface area contributed by atoms with Crippen molar-refractivity contribution in [2.24, 2.45) is 0 Å². The molecule has 0 aromatic heterocycles. The second-order valence-electron chi connectivity index (χ2n) is 3.09. The molecule has 0 heterocycles. The van der Waals surface area contributed by atoms with Gasteiger partial charge in [-0.1, -0.05) is 23.7 Å². The number of rotatable bonds is 4. The molecule has 1 rings (SSSR count). The van der Waals surface area contributed by atoms with Crippen LogP contribution in [0.4, 0.5) is 4.79 Å². The molecule has 16 heavy (non-hydrogen) atoms. The fourth-order valence-electron chi connectivity index (χ4n) is 1.01. The summed E-state index contributed by atoms with van der Waals surface area (Å²) in [5.41, 5.74) is 7.49. The first-order chi connectivity index (χ1) is 7.58. The van der Waals surface area contributed by atoms with Gasteiger partial charge in [0.05, 0.1) is 0 Å². The van der Waals surface area contributed by atoms with Crippen molar-refractivity contribution in [3.05, 3.63) is 34.9 Å². The van der Waals surface area contributed by atoms with Crippen LogP contribution in [0.15, 0.2) is 24.3 Å². The highest BCUT2D eigenvalue weighted by Crippen LogP contribution is 2.08. The van der Waals surface area contributed by atoms with Crippen LogP contribution in [0, 0.1) is 0 Å². The molecule has 0 saturated heterocycles. The lowest BCUT2D eigenvalue weighted by Gasteiger charge is -2.05. The van der Waals surface area contributed by atoms with Crippen molar-refractivity contribution < 1.29 is 9.59 Å². The quantitative estimate of drug-likeness (QED) is 0.822. The Bertz CT molecular complexity index is 378. The van der Waals surface area contributed by atoms with E-state index in [0.29, 0.717) is 11.6 Å². The molecule has 3 amide bonds. The highest BCUT2D eigenvalue weighted by molar-refractivity contribution is 6.30. The zero-order chi connectivity index (χ0) is 12.0. The summed E-state index contributed by atoms with van der Waals surface area (Å²) < 4.78 is 0. The van der Waals surface area contributed by atoms with Crippen molar-refractivity contribution in [1.29, 1.82) is 0 Å². The van der Waals surface area contributed by atoms with E-state index in [1.807, 2.05) is 0 Å². The van der Waals surface area contributed by atoms with E-state index in [2.05, 4.69) is 10.6 Å². The SMILES string of the molecule is [NH]C(=O)CNC(=O)NCc1ccc(Cl)cc1. The number of hydrogen-bond acceptors (Lipinski definition) is 2. The lowest BCUT2D eigenvalue weighted by molar-refractivity contribution is -0.117. The fraction of sp³-hybridized carbons (Fsp3) is 0.200.